The second kappa shape index (κ2) is 7.08. The van der Waals surface area contributed by atoms with Gasteiger partial charge in [-0.3, -0.25) is 0 Å². The normalized spacial score (nSPS) is 21.6. The summed E-state index contributed by atoms with van der Waals surface area (Å²) in [7, 11) is 0. The Morgan fingerprint density at radius 1 is 1.41 bits per heavy atom. The molecule has 1 rings (SSSR count). The van der Waals surface area contributed by atoms with Crippen molar-refractivity contribution in [3.05, 3.63) is 0 Å². The number of carbonyl (C=O) groups is 2. The smallest absolute Gasteiger partial charge is 0.328 e. The molecule has 1 aliphatic rings. The predicted octanol–water partition coefficient (Wildman–Crippen LogP) is -0.700. The first-order valence-corrected chi connectivity index (χ1v) is 5.63. The molecule has 2 atom stereocenters. The number of urea groups is 1. The summed E-state index contributed by atoms with van der Waals surface area (Å²) in [5, 5.41) is 22.0. The van der Waals surface area contributed by atoms with E-state index < -0.39 is 24.6 Å². The Morgan fingerprint density at radius 3 is 2.71 bits per heavy atom. The summed E-state index contributed by atoms with van der Waals surface area (Å²) in [5.41, 5.74) is 0. The molecule has 1 heterocycles. The van der Waals surface area contributed by atoms with E-state index in [1.165, 1.54) is 0 Å². The molecule has 7 heteroatoms. The van der Waals surface area contributed by atoms with Crippen molar-refractivity contribution in [2.45, 2.75) is 31.4 Å². The quantitative estimate of drug-likeness (QED) is 0.513. The van der Waals surface area contributed by atoms with E-state index in [2.05, 4.69) is 10.6 Å². The highest BCUT2D eigenvalue weighted by atomic mass is 16.5. The number of aliphatic hydroxyl groups is 1. The maximum absolute atomic E-state index is 11.3. The maximum atomic E-state index is 11.3. The number of hydrogen-bond acceptors (Lipinski definition) is 4. The molecule has 1 saturated heterocycles. The molecule has 0 bridgehead atoms. The molecule has 0 saturated carbocycles. The molecule has 17 heavy (non-hydrogen) atoms. The van der Waals surface area contributed by atoms with Crippen molar-refractivity contribution < 1.29 is 24.5 Å². The number of nitrogens with one attached hydrogen (secondary N) is 2. The zero-order chi connectivity index (χ0) is 12.7. The van der Waals surface area contributed by atoms with Gasteiger partial charge >= 0.3 is 12.0 Å². The molecule has 1 fully saturated rings. The molecular weight excluding hydrogens is 228 g/mol. The van der Waals surface area contributed by atoms with Gasteiger partial charge in [-0.1, -0.05) is 0 Å². The van der Waals surface area contributed by atoms with Gasteiger partial charge in [0.2, 0.25) is 0 Å². The summed E-state index contributed by atoms with van der Waals surface area (Å²) in [5.74, 6) is -1.27. The lowest BCUT2D eigenvalue weighted by atomic mass is 10.1. The summed E-state index contributed by atoms with van der Waals surface area (Å²) >= 11 is 0. The predicted molar refractivity (Wildman–Crippen MR) is 58.6 cm³/mol. The first-order valence-electron chi connectivity index (χ1n) is 5.63. The molecule has 0 spiro atoms. The van der Waals surface area contributed by atoms with E-state index in [9.17, 15) is 9.59 Å². The van der Waals surface area contributed by atoms with Gasteiger partial charge in [-0.25, -0.2) is 9.59 Å². The van der Waals surface area contributed by atoms with Crippen molar-refractivity contribution in [2.24, 2.45) is 0 Å². The van der Waals surface area contributed by atoms with Gasteiger partial charge in [0.25, 0.3) is 0 Å². The third-order valence-corrected chi connectivity index (χ3v) is 2.55. The van der Waals surface area contributed by atoms with Crippen molar-refractivity contribution >= 4 is 12.0 Å². The first-order chi connectivity index (χ1) is 8.13. The fourth-order valence-corrected chi connectivity index (χ4v) is 1.57. The highest BCUT2D eigenvalue weighted by Gasteiger charge is 2.19. The maximum Gasteiger partial charge on any atom is 0.328 e. The van der Waals surface area contributed by atoms with Crippen LogP contribution < -0.4 is 10.6 Å². The van der Waals surface area contributed by atoms with E-state index in [1.807, 2.05) is 0 Å². The van der Waals surface area contributed by atoms with Crippen LogP contribution in [0, 0.1) is 0 Å². The van der Waals surface area contributed by atoms with Crippen LogP contribution in [-0.2, 0) is 9.53 Å². The van der Waals surface area contributed by atoms with E-state index in [0.717, 1.165) is 19.3 Å². The lowest BCUT2D eigenvalue weighted by Gasteiger charge is -2.23. The van der Waals surface area contributed by atoms with Gasteiger partial charge in [0.15, 0.2) is 6.04 Å². The number of rotatable bonds is 5. The highest BCUT2D eigenvalue weighted by Crippen LogP contribution is 2.11. The summed E-state index contributed by atoms with van der Waals surface area (Å²) < 4.78 is 5.40. The fraction of sp³-hybridized carbons (Fsp3) is 0.800. The number of hydrogen-bond donors (Lipinski definition) is 4. The number of carboxylic acid groups (broad SMARTS) is 1. The summed E-state index contributed by atoms with van der Waals surface area (Å²) in [4.78, 5) is 21.9. The third kappa shape index (κ3) is 5.01. The molecule has 4 N–H and O–H groups in total. The van der Waals surface area contributed by atoms with Gasteiger partial charge in [-0.05, 0) is 19.3 Å². The second-order valence-corrected chi connectivity index (χ2v) is 3.92. The van der Waals surface area contributed by atoms with Crippen LogP contribution in [0.25, 0.3) is 0 Å². The van der Waals surface area contributed by atoms with E-state index in [-0.39, 0.29) is 6.10 Å². The van der Waals surface area contributed by atoms with Gasteiger partial charge in [0.05, 0.1) is 12.7 Å². The number of carboxylic acids is 1. The van der Waals surface area contributed by atoms with Crippen LogP contribution in [0.2, 0.25) is 0 Å². The minimum atomic E-state index is -1.28. The van der Waals surface area contributed by atoms with Crippen molar-refractivity contribution in [2.75, 3.05) is 19.8 Å². The minimum Gasteiger partial charge on any atom is -0.480 e. The molecule has 98 valence electrons. The van der Waals surface area contributed by atoms with Gasteiger partial charge in [-0.15, -0.1) is 0 Å². The molecule has 0 aliphatic carbocycles. The molecule has 0 aromatic carbocycles. The number of amides is 2. The van der Waals surface area contributed by atoms with E-state index >= 15 is 0 Å². The monoisotopic (exact) mass is 246 g/mol. The lowest BCUT2D eigenvalue weighted by Crippen LogP contribution is -2.49. The molecular formula is C10H18N2O5. The molecule has 0 aromatic rings. The zero-order valence-electron chi connectivity index (χ0n) is 9.52. The lowest BCUT2D eigenvalue weighted by molar-refractivity contribution is -0.140. The molecule has 0 radical (unpaired) electrons. The average molecular weight is 246 g/mol. The molecule has 1 aliphatic heterocycles. The van der Waals surface area contributed by atoms with Gasteiger partial charge in [0, 0.05) is 13.2 Å². The van der Waals surface area contributed by atoms with Crippen LogP contribution in [0.1, 0.15) is 19.3 Å². The zero-order valence-corrected chi connectivity index (χ0v) is 9.52. The fourth-order valence-electron chi connectivity index (χ4n) is 1.57. The van der Waals surface area contributed by atoms with Crippen molar-refractivity contribution in [1.29, 1.82) is 0 Å². The Bertz CT molecular complexity index is 265. The third-order valence-electron chi connectivity index (χ3n) is 2.55. The Morgan fingerprint density at radius 2 is 2.18 bits per heavy atom. The van der Waals surface area contributed by atoms with Gasteiger partial charge < -0.3 is 25.6 Å². The van der Waals surface area contributed by atoms with Crippen LogP contribution in [0.4, 0.5) is 4.79 Å². The van der Waals surface area contributed by atoms with Crippen LogP contribution in [0.15, 0.2) is 0 Å². The summed E-state index contributed by atoms with van der Waals surface area (Å²) in [6, 6.07) is -1.89. The molecule has 1 unspecified atom stereocenters. The summed E-state index contributed by atoms with van der Waals surface area (Å²) in [6.45, 7) is 0.411. The van der Waals surface area contributed by atoms with Crippen LogP contribution in [0.5, 0.6) is 0 Å². The summed E-state index contributed by atoms with van der Waals surface area (Å²) in [6.07, 6.45) is 2.99. The molecule has 7 nitrogen and oxygen atoms in total. The van der Waals surface area contributed by atoms with Crippen molar-refractivity contribution in [3.8, 4) is 0 Å². The van der Waals surface area contributed by atoms with Crippen molar-refractivity contribution in [3.63, 3.8) is 0 Å². The van der Waals surface area contributed by atoms with Gasteiger partial charge in [-0.2, -0.15) is 0 Å². The van der Waals surface area contributed by atoms with E-state index in [1.54, 1.807) is 0 Å². The van der Waals surface area contributed by atoms with Crippen LogP contribution in [-0.4, -0.2) is 54.1 Å². The topological polar surface area (TPSA) is 108 Å². The van der Waals surface area contributed by atoms with Crippen molar-refractivity contribution in [1.82, 2.24) is 10.6 Å². The number of aliphatic carboxylic acids is 1. The Kier molecular flexibility index (Phi) is 5.71. The highest BCUT2D eigenvalue weighted by molar-refractivity contribution is 5.82. The Hall–Kier alpha value is -1.34. The largest absolute Gasteiger partial charge is 0.480 e. The van der Waals surface area contributed by atoms with Crippen LogP contribution >= 0.6 is 0 Å². The minimum absolute atomic E-state index is 0.00750. The molecule has 2 amide bonds. The average Bonchev–Trinajstić information content (AvgIpc) is 2.34. The number of aliphatic hydroxyl groups excluding tert-OH is 1. The number of carbonyl (C=O) groups excluding carboxylic acids is 1. The second-order valence-electron chi connectivity index (χ2n) is 3.92. The Labute approximate surface area is 99.1 Å². The number of ether oxygens (including phenoxy) is 1. The standard InChI is InChI=1S/C10H18N2O5/c13-6-8(9(14)15)12-10(16)11-5-7-3-1-2-4-17-7/h7-8,13H,1-6H2,(H,14,15)(H2,11,12,16)/t7?,8-/m0/s1. The Balaban J connectivity index is 2.21. The first kappa shape index (κ1) is 13.7. The molecule has 0 aromatic heterocycles. The van der Waals surface area contributed by atoms with Gasteiger partial charge in [0.1, 0.15) is 0 Å². The van der Waals surface area contributed by atoms with E-state index in [4.69, 9.17) is 14.9 Å². The van der Waals surface area contributed by atoms with Crippen LogP contribution in [0.3, 0.4) is 0 Å². The van der Waals surface area contributed by atoms with E-state index in [0.29, 0.717) is 13.2 Å². The SMILES string of the molecule is O=C(NCC1CCCCO1)N[C@@H](CO)C(=O)O.